The summed E-state index contributed by atoms with van der Waals surface area (Å²) in [6.07, 6.45) is 5.71. The maximum Gasteiger partial charge on any atom is 0.253 e. The summed E-state index contributed by atoms with van der Waals surface area (Å²) in [5.41, 5.74) is 0.752. The molecule has 7 heteroatoms. The molecule has 3 aromatic heterocycles. The molecule has 4 rings (SSSR count). The SMILES string of the molecule is c1cc2oc(-c3noc(COC4CCNCC4)n3)cc2cn1. The quantitative estimate of drug-likeness (QED) is 0.790. The molecule has 0 aromatic carbocycles. The van der Waals surface area contributed by atoms with Gasteiger partial charge in [-0.15, -0.1) is 0 Å². The summed E-state index contributed by atoms with van der Waals surface area (Å²) < 4.78 is 16.7. The second-order valence-corrected chi connectivity index (χ2v) is 5.30. The van der Waals surface area contributed by atoms with Crippen LogP contribution in [0.25, 0.3) is 22.6 Å². The number of pyridine rings is 1. The normalized spacial score (nSPS) is 16.4. The van der Waals surface area contributed by atoms with E-state index in [1.807, 2.05) is 6.07 Å². The Bertz CT molecular complexity index is 728. The second-order valence-electron chi connectivity index (χ2n) is 5.30. The maximum atomic E-state index is 5.80. The van der Waals surface area contributed by atoms with Crippen LogP contribution < -0.4 is 5.32 Å². The van der Waals surface area contributed by atoms with E-state index in [4.69, 9.17) is 13.7 Å². The molecule has 1 aliphatic rings. The van der Waals surface area contributed by atoms with Gasteiger partial charge in [0.1, 0.15) is 12.2 Å². The molecule has 114 valence electrons. The van der Waals surface area contributed by atoms with E-state index in [9.17, 15) is 0 Å². The van der Waals surface area contributed by atoms with Crippen LogP contribution in [-0.4, -0.2) is 34.3 Å². The first-order valence-corrected chi connectivity index (χ1v) is 7.37. The van der Waals surface area contributed by atoms with Crippen molar-refractivity contribution in [3.63, 3.8) is 0 Å². The molecule has 7 nitrogen and oxygen atoms in total. The largest absolute Gasteiger partial charge is 0.452 e. The zero-order valence-electron chi connectivity index (χ0n) is 12.0. The van der Waals surface area contributed by atoms with E-state index in [2.05, 4.69) is 20.4 Å². The van der Waals surface area contributed by atoms with E-state index in [1.165, 1.54) is 0 Å². The molecule has 1 N–H and O–H groups in total. The number of nitrogens with zero attached hydrogens (tertiary/aromatic N) is 3. The van der Waals surface area contributed by atoms with Gasteiger partial charge in [0, 0.05) is 17.8 Å². The second kappa shape index (κ2) is 5.86. The van der Waals surface area contributed by atoms with Crippen LogP contribution >= 0.6 is 0 Å². The molecule has 1 saturated heterocycles. The lowest BCUT2D eigenvalue weighted by atomic mass is 10.1. The Morgan fingerprint density at radius 2 is 2.23 bits per heavy atom. The van der Waals surface area contributed by atoms with Crippen LogP contribution in [0, 0.1) is 0 Å². The van der Waals surface area contributed by atoms with Gasteiger partial charge in [0.15, 0.2) is 5.76 Å². The molecule has 1 fully saturated rings. The lowest BCUT2D eigenvalue weighted by molar-refractivity contribution is 0.00859. The molecular formula is C15H16N4O3. The molecule has 0 saturated carbocycles. The summed E-state index contributed by atoms with van der Waals surface area (Å²) in [6, 6.07) is 3.66. The van der Waals surface area contributed by atoms with Crippen molar-refractivity contribution in [2.75, 3.05) is 13.1 Å². The molecule has 4 heterocycles. The van der Waals surface area contributed by atoms with Crippen molar-refractivity contribution in [1.82, 2.24) is 20.4 Å². The summed E-state index contributed by atoms with van der Waals surface area (Å²) in [4.78, 5) is 8.38. The van der Waals surface area contributed by atoms with E-state index >= 15 is 0 Å². The Kier molecular flexibility index (Phi) is 3.57. The molecule has 0 amide bonds. The number of aromatic nitrogens is 3. The average Bonchev–Trinajstić information content (AvgIpc) is 3.20. The molecule has 3 aromatic rings. The van der Waals surface area contributed by atoms with Crippen molar-refractivity contribution in [3.05, 3.63) is 30.4 Å². The zero-order valence-corrected chi connectivity index (χ0v) is 12.0. The number of fused-ring (bicyclic) bond motifs is 1. The molecule has 0 unspecified atom stereocenters. The zero-order chi connectivity index (χ0) is 14.8. The smallest absolute Gasteiger partial charge is 0.253 e. The first-order valence-electron chi connectivity index (χ1n) is 7.37. The van der Waals surface area contributed by atoms with Gasteiger partial charge >= 0.3 is 0 Å². The fraction of sp³-hybridized carbons (Fsp3) is 0.400. The van der Waals surface area contributed by atoms with Crippen LogP contribution in [0.1, 0.15) is 18.7 Å². The van der Waals surface area contributed by atoms with Gasteiger partial charge < -0.3 is 19.0 Å². The molecule has 1 aliphatic heterocycles. The Morgan fingerprint density at radius 3 is 3.09 bits per heavy atom. The number of nitrogens with one attached hydrogen (secondary N) is 1. The average molecular weight is 300 g/mol. The van der Waals surface area contributed by atoms with Gasteiger partial charge in [-0.05, 0) is 38.1 Å². The van der Waals surface area contributed by atoms with E-state index < -0.39 is 0 Å². The highest BCUT2D eigenvalue weighted by Crippen LogP contribution is 2.25. The van der Waals surface area contributed by atoms with Crippen molar-refractivity contribution in [3.8, 4) is 11.6 Å². The molecule has 0 bridgehead atoms. The van der Waals surface area contributed by atoms with Gasteiger partial charge in [0.2, 0.25) is 5.82 Å². The summed E-state index contributed by atoms with van der Waals surface area (Å²) in [5, 5.41) is 8.17. The predicted octanol–water partition coefficient (Wildman–Crippen LogP) is 2.15. The van der Waals surface area contributed by atoms with Gasteiger partial charge in [-0.3, -0.25) is 4.98 Å². The van der Waals surface area contributed by atoms with Gasteiger partial charge in [-0.2, -0.15) is 4.98 Å². The minimum atomic E-state index is 0.258. The third-order valence-corrected chi connectivity index (χ3v) is 3.73. The molecule has 0 atom stereocenters. The Balaban J connectivity index is 1.46. The lowest BCUT2D eigenvalue weighted by Gasteiger charge is -2.21. The minimum Gasteiger partial charge on any atom is -0.452 e. The number of hydrogen-bond acceptors (Lipinski definition) is 7. The fourth-order valence-electron chi connectivity index (χ4n) is 2.56. The van der Waals surface area contributed by atoms with Crippen molar-refractivity contribution < 1.29 is 13.7 Å². The van der Waals surface area contributed by atoms with Crippen LogP contribution in [0.15, 0.2) is 33.5 Å². The molecular weight excluding hydrogens is 284 g/mol. The lowest BCUT2D eigenvalue weighted by Crippen LogP contribution is -2.32. The highest BCUT2D eigenvalue weighted by molar-refractivity contribution is 5.80. The highest BCUT2D eigenvalue weighted by atomic mass is 16.5. The van der Waals surface area contributed by atoms with E-state index in [1.54, 1.807) is 18.5 Å². The molecule has 0 radical (unpaired) electrons. The summed E-state index contributed by atoms with van der Waals surface area (Å²) in [6.45, 7) is 2.32. The van der Waals surface area contributed by atoms with Crippen LogP contribution in [0.3, 0.4) is 0 Å². The van der Waals surface area contributed by atoms with E-state index in [0.717, 1.165) is 36.9 Å². The van der Waals surface area contributed by atoms with Gasteiger partial charge in [0.25, 0.3) is 5.89 Å². The van der Waals surface area contributed by atoms with Crippen molar-refractivity contribution in [2.24, 2.45) is 0 Å². The Labute approximate surface area is 126 Å². The van der Waals surface area contributed by atoms with E-state index in [0.29, 0.717) is 24.1 Å². The predicted molar refractivity (Wildman–Crippen MR) is 78.0 cm³/mol. The first-order chi connectivity index (χ1) is 10.9. The topological polar surface area (TPSA) is 86.2 Å². The third kappa shape index (κ3) is 2.72. The Hall–Kier alpha value is -2.25. The highest BCUT2D eigenvalue weighted by Gasteiger charge is 2.17. The monoisotopic (exact) mass is 300 g/mol. The van der Waals surface area contributed by atoms with Gasteiger partial charge in [0.05, 0.1) is 6.10 Å². The minimum absolute atomic E-state index is 0.258. The summed E-state index contributed by atoms with van der Waals surface area (Å²) in [7, 11) is 0. The number of rotatable bonds is 4. The van der Waals surface area contributed by atoms with Crippen LogP contribution in [0.5, 0.6) is 0 Å². The van der Waals surface area contributed by atoms with Gasteiger partial charge in [-0.25, -0.2) is 0 Å². The standard InChI is InChI=1S/C15H16N4O3/c1-4-16-5-2-11(1)20-9-14-18-15(19-22-14)13-7-10-8-17-6-3-12(10)21-13/h3,6-8,11,16H,1-2,4-5,9H2. The van der Waals surface area contributed by atoms with Crippen molar-refractivity contribution in [2.45, 2.75) is 25.6 Å². The summed E-state index contributed by atoms with van der Waals surface area (Å²) in [5.74, 6) is 1.46. The molecule has 0 aliphatic carbocycles. The number of ether oxygens (including phenoxy) is 1. The fourth-order valence-corrected chi connectivity index (χ4v) is 2.56. The van der Waals surface area contributed by atoms with E-state index in [-0.39, 0.29) is 6.10 Å². The van der Waals surface area contributed by atoms with Crippen LogP contribution in [0.4, 0.5) is 0 Å². The van der Waals surface area contributed by atoms with Crippen LogP contribution in [0.2, 0.25) is 0 Å². The van der Waals surface area contributed by atoms with Gasteiger partial charge in [-0.1, -0.05) is 5.16 Å². The maximum absolute atomic E-state index is 5.80. The number of furan rings is 1. The first kappa shape index (κ1) is 13.4. The van der Waals surface area contributed by atoms with Crippen molar-refractivity contribution in [1.29, 1.82) is 0 Å². The number of piperidine rings is 1. The molecule has 22 heavy (non-hydrogen) atoms. The third-order valence-electron chi connectivity index (χ3n) is 3.73. The summed E-state index contributed by atoms with van der Waals surface area (Å²) >= 11 is 0. The van der Waals surface area contributed by atoms with Crippen molar-refractivity contribution >= 4 is 11.0 Å². The molecule has 0 spiro atoms. The Morgan fingerprint density at radius 1 is 1.32 bits per heavy atom. The number of hydrogen-bond donors (Lipinski definition) is 1. The van der Waals surface area contributed by atoms with Crippen LogP contribution in [-0.2, 0) is 11.3 Å².